The fourth-order valence-electron chi connectivity index (χ4n) is 14.3. The summed E-state index contributed by atoms with van der Waals surface area (Å²) < 4.78 is 44.7. The van der Waals surface area contributed by atoms with Crippen molar-refractivity contribution >= 4 is 70.1 Å². The summed E-state index contributed by atoms with van der Waals surface area (Å²) in [5.41, 5.74) is 9.76. The molecule has 4 rings (SSSR count). The predicted octanol–water partition coefficient (Wildman–Crippen LogP) is 25.4. The molecular weight excluding hydrogens is 1670 g/mol. The summed E-state index contributed by atoms with van der Waals surface area (Å²) in [4.78, 5) is 146. The minimum absolute atomic E-state index is 0.0389. The Morgan fingerprint density at radius 1 is 0.242 bits per heavy atom. The summed E-state index contributed by atoms with van der Waals surface area (Å²) in [5, 5.41) is 0. The van der Waals surface area contributed by atoms with Gasteiger partial charge in [0.25, 0.3) is 0 Å². The van der Waals surface area contributed by atoms with Gasteiger partial charge in [-0.25, -0.2) is 0 Å². The topological polar surface area (TPSA) is 279 Å². The van der Waals surface area contributed by atoms with Crippen molar-refractivity contribution in [1.29, 1.82) is 0 Å². The maximum Gasteiger partial charge on any atom is 0.324 e. The van der Waals surface area contributed by atoms with E-state index in [4.69, 9.17) is 37.9 Å². The van der Waals surface area contributed by atoms with Crippen molar-refractivity contribution in [2.45, 2.75) is 419 Å². The molecule has 4 atom stereocenters. The Morgan fingerprint density at radius 3 is 0.689 bits per heavy atom. The number of benzene rings is 4. The zero-order valence-electron chi connectivity index (χ0n) is 88.0. The molecule has 4 aromatic carbocycles. The molecule has 0 aliphatic carbocycles. The Balaban J connectivity index is 0.000000881. The molecule has 132 heavy (non-hydrogen) atoms. The molecule has 0 aliphatic heterocycles. The molecule has 744 valence electrons. The van der Waals surface area contributed by atoms with Crippen LogP contribution in [0.1, 0.15) is 420 Å². The molecule has 0 saturated carbocycles. The molecule has 4 unspecified atom stereocenters. The number of hydrogen-bond acceptors (Lipinski definition) is 20. The maximum atomic E-state index is 12.7. The van der Waals surface area contributed by atoms with E-state index in [0.29, 0.717) is 58.5 Å². The molecule has 0 spiro atoms. The molecule has 0 N–H and O–H groups in total. The molecule has 0 amide bonds. The molecule has 20 heteroatoms. The molecule has 20 nitrogen and oxygen atoms in total. The van der Waals surface area contributed by atoms with Crippen LogP contribution >= 0.6 is 0 Å². The second kappa shape index (κ2) is 58.6. The van der Waals surface area contributed by atoms with E-state index in [2.05, 4.69) is 229 Å². The standard InChI is InChI=1S/C30H48O5.2C28H44O5.C26H40O5/c1-9-12-13-14-19-35-28(33)27(22(4)31)25(32)16-15-20-34-26-18-17-23(29(5,6)10-2)21-24(26)30(7,8)11-3;1-9-10-11-12-17-33-26(31)25(20(2)29)23(30)14-13-18-32-24-16-15-21(27(3,4)5)19-22(24)28(6,7)8;1-9-12-17-33-26(31)25(20(4)29)23(30)14-13-18-32-24-16-15-21(27(5,6)10-2)19-22(24)28(7,8)11-3;1-9-25(5,6)19-14-15-22(20(17-19)26(7,8)10-2)31-16-12-13-21(28)23(18(4)27)24(29)30-11-3/h17-18,21,27H,9-16,19-20H2,1-8H3;2*15-16,19,25H,9-14,17-18H2,1-8H3;14-15,17,23H,9-13,16H2,1-8H3. The highest BCUT2D eigenvalue weighted by molar-refractivity contribution is 6.18. The van der Waals surface area contributed by atoms with Gasteiger partial charge in [0.05, 0.1) is 52.9 Å². The average molecular weight is 1840 g/mol. The van der Waals surface area contributed by atoms with Gasteiger partial charge in [-0.1, -0.05) is 280 Å². The van der Waals surface area contributed by atoms with Crippen molar-refractivity contribution in [3.63, 3.8) is 0 Å². The monoisotopic (exact) mass is 1840 g/mol. The van der Waals surface area contributed by atoms with Crippen molar-refractivity contribution in [2.24, 2.45) is 23.7 Å². The van der Waals surface area contributed by atoms with Gasteiger partial charge in [-0.2, -0.15) is 0 Å². The number of rotatable bonds is 58. The predicted molar refractivity (Wildman–Crippen MR) is 531 cm³/mol. The van der Waals surface area contributed by atoms with Crippen molar-refractivity contribution < 1.29 is 95.4 Å². The Bertz CT molecular complexity index is 4300. The van der Waals surface area contributed by atoms with Crippen LogP contribution < -0.4 is 18.9 Å². The molecule has 0 aliphatic rings. The van der Waals surface area contributed by atoms with Crippen LogP contribution in [0.2, 0.25) is 0 Å². The lowest BCUT2D eigenvalue weighted by Crippen LogP contribution is -2.32. The fourth-order valence-corrected chi connectivity index (χ4v) is 14.3. The van der Waals surface area contributed by atoms with E-state index >= 15 is 0 Å². The van der Waals surface area contributed by atoms with E-state index < -0.39 is 93.8 Å². The lowest BCUT2D eigenvalue weighted by Gasteiger charge is -2.30. The van der Waals surface area contributed by atoms with Gasteiger partial charge in [-0.05, 0) is 213 Å². The summed E-state index contributed by atoms with van der Waals surface area (Å²) in [7, 11) is 0. The molecule has 4 aromatic rings. The van der Waals surface area contributed by atoms with Gasteiger partial charge in [0.15, 0.2) is 69.9 Å². The Labute approximate surface area is 797 Å². The van der Waals surface area contributed by atoms with E-state index in [1.54, 1.807) is 6.92 Å². The first-order chi connectivity index (χ1) is 61.5. The Hall–Kier alpha value is -8.68. The highest BCUT2D eigenvalue weighted by Gasteiger charge is 2.38. The third-order valence-corrected chi connectivity index (χ3v) is 26.1. The van der Waals surface area contributed by atoms with E-state index in [1.807, 2.05) is 31.2 Å². The van der Waals surface area contributed by atoms with E-state index in [0.717, 1.165) is 136 Å². The fraction of sp³-hybridized carbons (Fsp3) is 0.679. The smallest absolute Gasteiger partial charge is 0.324 e. The molecule has 0 fully saturated rings. The lowest BCUT2D eigenvalue weighted by atomic mass is 9.76. The summed E-state index contributed by atoms with van der Waals surface area (Å²) in [5.74, 6) is -8.46. The van der Waals surface area contributed by atoms with E-state index in [-0.39, 0.29) is 95.4 Å². The van der Waals surface area contributed by atoms with Crippen LogP contribution in [-0.4, -0.2) is 123 Å². The largest absolute Gasteiger partial charge is 0.493 e. The second-order valence-corrected chi connectivity index (χ2v) is 41.3. The number of unbranched alkanes of at least 4 members (excludes halogenated alkanes) is 7. The Kier molecular flexibility index (Phi) is 53.8. The zero-order valence-corrected chi connectivity index (χ0v) is 88.0. The first-order valence-corrected chi connectivity index (χ1v) is 49.4. The number of ketones is 8. The van der Waals surface area contributed by atoms with E-state index in [1.165, 1.54) is 55.5 Å². The number of carbonyl (C=O) groups excluding carboxylic acids is 12. The quantitative estimate of drug-likeness (QED) is 0.0172. The number of carbonyl (C=O) groups is 12. The van der Waals surface area contributed by atoms with Crippen LogP contribution in [0.25, 0.3) is 0 Å². The van der Waals surface area contributed by atoms with Crippen molar-refractivity contribution in [3.8, 4) is 23.0 Å². The van der Waals surface area contributed by atoms with Crippen molar-refractivity contribution in [2.75, 3.05) is 52.9 Å². The number of ether oxygens (including phenoxy) is 8. The normalized spacial score (nSPS) is 12.8. The molecule has 0 heterocycles. The number of esters is 4. The molecule has 0 saturated heterocycles. The lowest BCUT2D eigenvalue weighted by molar-refractivity contribution is -0.157. The van der Waals surface area contributed by atoms with Crippen molar-refractivity contribution in [3.05, 3.63) is 117 Å². The number of hydrogen-bond donors (Lipinski definition) is 0. The van der Waals surface area contributed by atoms with Crippen LogP contribution in [0.5, 0.6) is 23.0 Å². The molecule has 0 aromatic heterocycles. The summed E-state index contributed by atoms with van der Waals surface area (Å²) in [6.45, 7) is 67.9. The van der Waals surface area contributed by atoms with Crippen LogP contribution in [0.4, 0.5) is 0 Å². The van der Waals surface area contributed by atoms with Crippen LogP contribution in [0, 0.1) is 23.7 Å². The first-order valence-electron chi connectivity index (χ1n) is 49.4. The van der Waals surface area contributed by atoms with Crippen LogP contribution in [0.3, 0.4) is 0 Å². The highest BCUT2D eigenvalue weighted by atomic mass is 16.5. The summed E-state index contributed by atoms with van der Waals surface area (Å²) >= 11 is 0. The first kappa shape index (κ1) is 121. The van der Waals surface area contributed by atoms with Gasteiger partial charge in [0.2, 0.25) is 0 Å². The third kappa shape index (κ3) is 40.9. The second-order valence-electron chi connectivity index (χ2n) is 41.3. The van der Waals surface area contributed by atoms with Crippen LogP contribution in [0.15, 0.2) is 72.8 Å². The average Bonchev–Trinajstić information content (AvgIpc) is 0.800. The van der Waals surface area contributed by atoms with Crippen LogP contribution in [-0.2, 0) is 120 Å². The third-order valence-electron chi connectivity index (χ3n) is 26.1. The molecule has 0 radical (unpaired) electrons. The SMILES string of the molecule is CCCCCCOC(=O)C(C(C)=O)C(=O)CCCOc1ccc(C(C)(C)C)cc1C(C)(C)C.CCCCCCOC(=O)C(C(C)=O)C(=O)CCCOc1ccc(C(C)(C)CC)cc1C(C)(C)CC.CCCCOC(=O)C(C(C)=O)C(=O)CCCOc1ccc(C(C)(C)CC)cc1C(C)(C)CC.CCOC(=O)C(C(C)=O)C(=O)CCCOc1ccc(C(C)(C)CC)cc1C(C)(C)CC. The summed E-state index contributed by atoms with van der Waals surface area (Å²) in [6, 6.07) is 25.5. The van der Waals surface area contributed by atoms with Crippen molar-refractivity contribution in [1.82, 2.24) is 0 Å². The Morgan fingerprint density at radius 2 is 0.470 bits per heavy atom. The minimum Gasteiger partial charge on any atom is -0.493 e. The van der Waals surface area contributed by atoms with Gasteiger partial charge < -0.3 is 37.9 Å². The zero-order chi connectivity index (χ0) is 101. The summed E-state index contributed by atoms with van der Waals surface area (Å²) in [6.07, 6.45) is 17.5. The maximum absolute atomic E-state index is 12.7. The van der Waals surface area contributed by atoms with Gasteiger partial charge >= 0.3 is 23.9 Å². The van der Waals surface area contributed by atoms with Gasteiger partial charge in [0.1, 0.15) is 23.0 Å². The highest BCUT2D eigenvalue weighted by Crippen LogP contribution is 2.43. The van der Waals surface area contributed by atoms with Gasteiger partial charge in [-0.3, -0.25) is 57.5 Å². The molecular formula is C112H176O20. The van der Waals surface area contributed by atoms with Gasteiger partial charge in [-0.15, -0.1) is 0 Å². The number of Topliss-reactive ketones (excluding diaryl/α,β-unsaturated/α-hetero) is 8. The molecule has 0 bridgehead atoms. The van der Waals surface area contributed by atoms with Gasteiger partial charge in [0, 0.05) is 42.4 Å². The van der Waals surface area contributed by atoms with E-state index in [9.17, 15) is 57.5 Å². The minimum atomic E-state index is -1.33.